The van der Waals surface area contributed by atoms with Gasteiger partial charge in [0.1, 0.15) is 0 Å². The molecule has 0 aliphatic carbocycles. The van der Waals surface area contributed by atoms with Gasteiger partial charge in [-0.3, -0.25) is 0 Å². The van der Waals surface area contributed by atoms with Crippen molar-refractivity contribution in [2.45, 2.75) is 0 Å². The Labute approximate surface area is 357 Å². The lowest BCUT2D eigenvalue weighted by atomic mass is 9.89. The molecular weight excluding hydrogens is 735 g/mol. The summed E-state index contributed by atoms with van der Waals surface area (Å²) in [6.45, 7) is 0. The van der Waals surface area contributed by atoms with Crippen LogP contribution in [-0.4, -0.2) is 0 Å². The molecule has 1 nitrogen and oxygen atoms in total. The summed E-state index contributed by atoms with van der Waals surface area (Å²) in [5.74, 6) is 0. The second-order valence-electron chi connectivity index (χ2n) is 15.7. The quantitative estimate of drug-likeness (QED) is 0.149. The molecule has 0 aromatic heterocycles. The molecule has 0 aliphatic rings. The smallest absolute Gasteiger partial charge is 0.0467 e. The number of rotatable bonds is 8. The summed E-state index contributed by atoms with van der Waals surface area (Å²) < 4.78 is 0. The number of hydrogen-bond donors (Lipinski definition) is 0. The maximum absolute atomic E-state index is 2.38. The molecule has 0 unspecified atom stereocenters. The van der Waals surface area contributed by atoms with E-state index in [-0.39, 0.29) is 0 Å². The highest BCUT2D eigenvalue weighted by molar-refractivity contribution is 6.04. The second kappa shape index (κ2) is 15.6. The van der Waals surface area contributed by atoms with Crippen molar-refractivity contribution in [3.05, 3.63) is 249 Å². The van der Waals surface area contributed by atoms with Gasteiger partial charge in [-0.15, -0.1) is 0 Å². The highest BCUT2D eigenvalue weighted by Gasteiger charge is 2.17. The molecule has 0 fully saturated rings. The molecule has 0 spiro atoms. The van der Waals surface area contributed by atoms with E-state index in [9.17, 15) is 0 Å². The monoisotopic (exact) mass is 775 g/mol. The van der Waals surface area contributed by atoms with E-state index in [2.05, 4.69) is 254 Å². The lowest BCUT2D eigenvalue weighted by Gasteiger charge is -2.27. The van der Waals surface area contributed by atoms with E-state index in [0.717, 1.165) is 17.1 Å². The summed E-state index contributed by atoms with van der Waals surface area (Å²) in [7, 11) is 0. The molecule has 0 heterocycles. The van der Waals surface area contributed by atoms with Crippen LogP contribution in [0.3, 0.4) is 0 Å². The molecule has 11 aromatic carbocycles. The Hall–Kier alpha value is -8.00. The van der Waals surface area contributed by atoms with E-state index in [1.54, 1.807) is 0 Å². The Bertz CT molecular complexity index is 3320. The summed E-state index contributed by atoms with van der Waals surface area (Å²) in [5, 5.41) is 7.49. The maximum Gasteiger partial charge on any atom is 0.0467 e. The Morgan fingerprint density at radius 2 is 0.639 bits per heavy atom. The second-order valence-corrected chi connectivity index (χ2v) is 15.7. The average Bonchev–Trinajstić information content (AvgIpc) is 3.34. The lowest BCUT2D eigenvalue weighted by Crippen LogP contribution is -2.10. The summed E-state index contributed by atoms with van der Waals surface area (Å²) in [4.78, 5) is 2.38. The predicted molar refractivity (Wildman–Crippen MR) is 261 cm³/mol. The average molecular weight is 776 g/mol. The van der Waals surface area contributed by atoms with Crippen LogP contribution < -0.4 is 4.90 Å². The van der Waals surface area contributed by atoms with Crippen LogP contribution in [-0.2, 0) is 0 Å². The van der Waals surface area contributed by atoms with Gasteiger partial charge in [0.2, 0.25) is 0 Å². The minimum absolute atomic E-state index is 1.09. The van der Waals surface area contributed by atoms with Crippen molar-refractivity contribution in [2.75, 3.05) is 4.90 Å². The first-order valence-corrected chi connectivity index (χ1v) is 21.0. The van der Waals surface area contributed by atoms with Gasteiger partial charge >= 0.3 is 0 Å². The lowest BCUT2D eigenvalue weighted by molar-refractivity contribution is 1.28. The summed E-state index contributed by atoms with van der Waals surface area (Å²) >= 11 is 0. The first-order valence-electron chi connectivity index (χ1n) is 21.0. The van der Waals surface area contributed by atoms with Crippen molar-refractivity contribution < 1.29 is 0 Å². The van der Waals surface area contributed by atoms with E-state index in [4.69, 9.17) is 0 Å². The molecule has 11 rings (SSSR count). The van der Waals surface area contributed by atoms with Gasteiger partial charge in [-0.25, -0.2) is 0 Å². The SMILES string of the molecule is c1ccc(-c2ccc3ccccc3c2-c2ccc(N(c3ccc(-c4ccc(-c5cccc6ccccc56)cc4)cc3)c3cccc(-c4cccc5ccccc45)c3)cc2)cc1. The molecule has 0 saturated heterocycles. The van der Waals surface area contributed by atoms with Crippen molar-refractivity contribution in [3.8, 4) is 55.6 Å². The third-order valence-corrected chi connectivity index (χ3v) is 12.1. The minimum Gasteiger partial charge on any atom is -0.310 e. The zero-order chi connectivity index (χ0) is 40.5. The van der Waals surface area contributed by atoms with Gasteiger partial charge in [-0.1, -0.05) is 212 Å². The Balaban J connectivity index is 0.998. The van der Waals surface area contributed by atoms with E-state index in [0.29, 0.717) is 0 Å². The number of anilines is 3. The molecule has 0 N–H and O–H groups in total. The van der Waals surface area contributed by atoms with Crippen molar-refractivity contribution in [3.63, 3.8) is 0 Å². The molecule has 61 heavy (non-hydrogen) atoms. The molecular formula is C60H41N. The molecule has 0 saturated carbocycles. The van der Waals surface area contributed by atoms with Crippen molar-refractivity contribution in [1.82, 2.24) is 0 Å². The number of benzene rings is 11. The Kier molecular flexibility index (Phi) is 9.26. The van der Waals surface area contributed by atoms with Crippen LogP contribution in [0.4, 0.5) is 17.1 Å². The van der Waals surface area contributed by atoms with Gasteiger partial charge < -0.3 is 4.90 Å². The maximum atomic E-state index is 2.38. The van der Waals surface area contributed by atoms with Crippen LogP contribution in [0.5, 0.6) is 0 Å². The van der Waals surface area contributed by atoms with E-state index in [1.807, 2.05) is 0 Å². The van der Waals surface area contributed by atoms with Gasteiger partial charge in [0.15, 0.2) is 0 Å². The topological polar surface area (TPSA) is 3.24 Å². The predicted octanol–water partition coefficient (Wildman–Crippen LogP) is 17.0. The highest BCUT2D eigenvalue weighted by atomic mass is 15.1. The summed E-state index contributed by atoms with van der Waals surface area (Å²) in [5.41, 5.74) is 15.4. The fourth-order valence-electron chi connectivity index (χ4n) is 9.08. The summed E-state index contributed by atoms with van der Waals surface area (Å²) in [6.07, 6.45) is 0. The molecule has 0 atom stereocenters. The third-order valence-electron chi connectivity index (χ3n) is 12.1. The number of fused-ring (bicyclic) bond motifs is 3. The molecule has 1 heteroatoms. The van der Waals surface area contributed by atoms with Gasteiger partial charge in [-0.05, 0) is 124 Å². The van der Waals surface area contributed by atoms with E-state index in [1.165, 1.54) is 88.0 Å². The van der Waals surface area contributed by atoms with Gasteiger partial charge in [0.25, 0.3) is 0 Å². The standard InChI is InChI=1S/C60H41N/c1-2-13-46(14-3-1)59-40-35-47-17-6-9-24-58(47)60(59)49-33-38-52(39-34-49)61(53-21-10-20-50(41-53)57-26-12-19-45-16-5-8-23-55(45)57)51-36-31-43(32-37-51)42-27-29-48(30-28-42)56-25-11-18-44-15-4-7-22-54(44)56/h1-41H. The number of hydrogen-bond acceptors (Lipinski definition) is 1. The zero-order valence-corrected chi connectivity index (χ0v) is 33.6. The summed E-state index contributed by atoms with van der Waals surface area (Å²) in [6, 6.07) is 90.4. The Morgan fingerprint density at radius 1 is 0.213 bits per heavy atom. The molecule has 0 aliphatic heterocycles. The van der Waals surface area contributed by atoms with Crippen LogP contribution >= 0.6 is 0 Å². The van der Waals surface area contributed by atoms with Crippen molar-refractivity contribution in [2.24, 2.45) is 0 Å². The molecule has 0 radical (unpaired) electrons. The molecule has 11 aromatic rings. The Morgan fingerprint density at radius 3 is 1.26 bits per heavy atom. The van der Waals surface area contributed by atoms with Gasteiger partial charge in [0.05, 0.1) is 0 Å². The molecule has 0 amide bonds. The number of nitrogens with zero attached hydrogens (tertiary/aromatic N) is 1. The third kappa shape index (κ3) is 6.83. The van der Waals surface area contributed by atoms with Gasteiger partial charge in [-0.2, -0.15) is 0 Å². The van der Waals surface area contributed by atoms with Crippen LogP contribution in [0.25, 0.3) is 88.0 Å². The van der Waals surface area contributed by atoms with E-state index >= 15 is 0 Å². The molecule has 0 bridgehead atoms. The normalized spacial score (nSPS) is 11.3. The first kappa shape index (κ1) is 36.1. The first-order chi connectivity index (χ1) is 30.2. The zero-order valence-electron chi connectivity index (χ0n) is 33.6. The van der Waals surface area contributed by atoms with Crippen LogP contribution in [0, 0.1) is 0 Å². The minimum atomic E-state index is 1.09. The van der Waals surface area contributed by atoms with Crippen molar-refractivity contribution >= 4 is 49.4 Å². The largest absolute Gasteiger partial charge is 0.310 e. The van der Waals surface area contributed by atoms with Gasteiger partial charge in [0, 0.05) is 17.1 Å². The van der Waals surface area contributed by atoms with Crippen LogP contribution in [0.2, 0.25) is 0 Å². The fraction of sp³-hybridized carbons (Fsp3) is 0. The highest BCUT2D eigenvalue weighted by Crippen LogP contribution is 2.42. The van der Waals surface area contributed by atoms with E-state index < -0.39 is 0 Å². The fourth-order valence-corrected chi connectivity index (χ4v) is 9.08. The van der Waals surface area contributed by atoms with Crippen LogP contribution in [0.1, 0.15) is 0 Å². The van der Waals surface area contributed by atoms with Crippen molar-refractivity contribution in [1.29, 1.82) is 0 Å². The molecule has 286 valence electrons. The van der Waals surface area contributed by atoms with Crippen LogP contribution in [0.15, 0.2) is 249 Å².